The van der Waals surface area contributed by atoms with Crippen LogP contribution in [0.3, 0.4) is 0 Å². The SMILES string of the molecule is COCCCNC(=O)CN(C)CC(=O)NC1CCCC1. The van der Waals surface area contributed by atoms with Gasteiger partial charge in [-0.1, -0.05) is 12.8 Å². The van der Waals surface area contributed by atoms with Crippen molar-refractivity contribution in [1.29, 1.82) is 0 Å². The van der Waals surface area contributed by atoms with E-state index in [-0.39, 0.29) is 24.9 Å². The summed E-state index contributed by atoms with van der Waals surface area (Å²) in [5.74, 6) is -0.0520. The van der Waals surface area contributed by atoms with Crippen LogP contribution in [-0.4, -0.2) is 63.2 Å². The Labute approximate surface area is 121 Å². The maximum Gasteiger partial charge on any atom is 0.234 e. The maximum absolute atomic E-state index is 11.8. The third-order valence-electron chi connectivity index (χ3n) is 3.39. The number of methoxy groups -OCH3 is 1. The first kappa shape index (κ1) is 16.9. The molecule has 1 saturated carbocycles. The van der Waals surface area contributed by atoms with E-state index in [1.807, 2.05) is 0 Å². The molecule has 1 rings (SSSR count). The molecule has 0 atom stereocenters. The summed E-state index contributed by atoms with van der Waals surface area (Å²) in [6.45, 7) is 1.75. The average molecular weight is 285 g/mol. The van der Waals surface area contributed by atoms with E-state index in [4.69, 9.17) is 4.74 Å². The van der Waals surface area contributed by atoms with E-state index in [9.17, 15) is 9.59 Å². The van der Waals surface area contributed by atoms with Crippen molar-refractivity contribution in [3.8, 4) is 0 Å². The number of ether oxygens (including phenoxy) is 1. The molecule has 1 aliphatic carbocycles. The van der Waals surface area contributed by atoms with Crippen LogP contribution in [0.25, 0.3) is 0 Å². The Kier molecular flexibility index (Phi) is 8.22. The summed E-state index contributed by atoms with van der Waals surface area (Å²) in [6, 6.07) is 0.332. The molecule has 2 amide bonds. The van der Waals surface area contributed by atoms with Gasteiger partial charge in [0.1, 0.15) is 0 Å². The van der Waals surface area contributed by atoms with Crippen molar-refractivity contribution in [2.24, 2.45) is 0 Å². The third-order valence-corrected chi connectivity index (χ3v) is 3.39. The fraction of sp³-hybridized carbons (Fsp3) is 0.857. The van der Waals surface area contributed by atoms with Crippen molar-refractivity contribution in [2.75, 3.05) is 40.4 Å². The van der Waals surface area contributed by atoms with Crippen molar-refractivity contribution in [2.45, 2.75) is 38.1 Å². The van der Waals surface area contributed by atoms with E-state index in [2.05, 4.69) is 10.6 Å². The van der Waals surface area contributed by atoms with Gasteiger partial charge < -0.3 is 15.4 Å². The number of hydrogen-bond donors (Lipinski definition) is 2. The Morgan fingerprint density at radius 3 is 2.50 bits per heavy atom. The van der Waals surface area contributed by atoms with E-state index in [1.54, 1.807) is 19.1 Å². The number of amides is 2. The van der Waals surface area contributed by atoms with Crippen molar-refractivity contribution in [3.63, 3.8) is 0 Å². The number of nitrogens with zero attached hydrogens (tertiary/aromatic N) is 1. The van der Waals surface area contributed by atoms with Gasteiger partial charge in [0, 0.05) is 26.3 Å². The Hall–Kier alpha value is -1.14. The van der Waals surface area contributed by atoms with Gasteiger partial charge in [0.05, 0.1) is 13.1 Å². The summed E-state index contributed by atoms with van der Waals surface area (Å²) in [4.78, 5) is 25.1. The molecular formula is C14H27N3O3. The van der Waals surface area contributed by atoms with E-state index >= 15 is 0 Å². The quantitative estimate of drug-likeness (QED) is 0.591. The van der Waals surface area contributed by atoms with Crippen LogP contribution in [0.2, 0.25) is 0 Å². The lowest BCUT2D eigenvalue weighted by Crippen LogP contribution is -2.43. The average Bonchev–Trinajstić information content (AvgIpc) is 2.87. The van der Waals surface area contributed by atoms with Crippen LogP contribution in [0.4, 0.5) is 0 Å². The Morgan fingerprint density at radius 1 is 1.20 bits per heavy atom. The lowest BCUT2D eigenvalue weighted by molar-refractivity contribution is -0.124. The molecule has 2 N–H and O–H groups in total. The van der Waals surface area contributed by atoms with Gasteiger partial charge in [0.25, 0.3) is 0 Å². The second-order valence-electron chi connectivity index (χ2n) is 5.42. The Balaban J connectivity index is 2.09. The highest BCUT2D eigenvalue weighted by molar-refractivity contribution is 5.81. The highest BCUT2D eigenvalue weighted by Gasteiger charge is 2.18. The van der Waals surface area contributed by atoms with Crippen LogP contribution in [0.1, 0.15) is 32.1 Å². The normalized spacial score (nSPS) is 15.6. The molecule has 0 saturated heterocycles. The largest absolute Gasteiger partial charge is 0.385 e. The van der Waals surface area contributed by atoms with Gasteiger partial charge in [0.2, 0.25) is 11.8 Å². The standard InChI is InChI=1S/C14H27N3O3/c1-17(10-13(18)15-8-5-9-20-2)11-14(19)16-12-6-3-4-7-12/h12H,3-11H2,1-2H3,(H,15,18)(H,16,19). The smallest absolute Gasteiger partial charge is 0.234 e. The number of carbonyl (C=O) groups is 2. The van der Waals surface area contributed by atoms with Crippen LogP contribution in [0, 0.1) is 0 Å². The lowest BCUT2D eigenvalue weighted by atomic mass is 10.2. The molecule has 0 aromatic carbocycles. The monoisotopic (exact) mass is 285 g/mol. The van der Waals surface area contributed by atoms with E-state index in [0.29, 0.717) is 19.2 Å². The highest BCUT2D eigenvalue weighted by Crippen LogP contribution is 2.17. The number of hydrogen-bond acceptors (Lipinski definition) is 4. The lowest BCUT2D eigenvalue weighted by Gasteiger charge is -2.18. The molecule has 1 aliphatic rings. The van der Waals surface area contributed by atoms with E-state index in [1.165, 1.54) is 12.8 Å². The number of likely N-dealkylation sites (N-methyl/N-ethyl adjacent to an activating group) is 1. The molecule has 0 bridgehead atoms. The van der Waals surface area contributed by atoms with Crippen molar-refractivity contribution in [1.82, 2.24) is 15.5 Å². The minimum absolute atomic E-state index is 0.00610. The van der Waals surface area contributed by atoms with Gasteiger partial charge in [0.15, 0.2) is 0 Å². The van der Waals surface area contributed by atoms with Gasteiger partial charge in [-0.3, -0.25) is 14.5 Å². The minimum atomic E-state index is -0.0581. The van der Waals surface area contributed by atoms with Gasteiger partial charge in [-0.15, -0.1) is 0 Å². The van der Waals surface area contributed by atoms with Crippen molar-refractivity contribution >= 4 is 11.8 Å². The van der Waals surface area contributed by atoms with Gasteiger partial charge >= 0.3 is 0 Å². The predicted molar refractivity (Wildman–Crippen MR) is 77.4 cm³/mol. The Bertz CT molecular complexity index is 304. The Morgan fingerprint density at radius 2 is 1.85 bits per heavy atom. The van der Waals surface area contributed by atoms with Crippen LogP contribution >= 0.6 is 0 Å². The van der Waals surface area contributed by atoms with Crippen molar-refractivity contribution in [3.05, 3.63) is 0 Å². The first-order valence-corrected chi connectivity index (χ1v) is 7.35. The summed E-state index contributed by atoms with van der Waals surface area (Å²) >= 11 is 0. The van der Waals surface area contributed by atoms with Crippen LogP contribution in [0.15, 0.2) is 0 Å². The maximum atomic E-state index is 11.8. The third kappa shape index (κ3) is 7.45. The summed E-state index contributed by atoms with van der Waals surface area (Å²) in [7, 11) is 3.42. The molecule has 0 unspecified atom stereocenters. The molecule has 0 heterocycles. The molecule has 116 valence electrons. The molecular weight excluding hydrogens is 258 g/mol. The summed E-state index contributed by atoms with van der Waals surface area (Å²) in [6.07, 6.45) is 5.36. The van der Waals surface area contributed by atoms with Gasteiger partial charge in [-0.25, -0.2) is 0 Å². The molecule has 0 aromatic heterocycles. The van der Waals surface area contributed by atoms with Crippen molar-refractivity contribution < 1.29 is 14.3 Å². The zero-order valence-corrected chi connectivity index (χ0v) is 12.6. The molecule has 20 heavy (non-hydrogen) atoms. The van der Waals surface area contributed by atoms with E-state index < -0.39 is 0 Å². The molecule has 0 aliphatic heterocycles. The summed E-state index contributed by atoms with van der Waals surface area (Å²) in [5, 5.41) is 5.82. The van der Waals surface area contributed by atoms with Gasteiger partial charge in [-0.05, 0) is 26.3 Å². The first-order valence-electron chi connectivity index (χ1n) is 7.35. The minimum Gasteiger partial charge on any atom is -0.385 e. The van der Waals surface area contributed by atoms with E-state index in [0.717, 1.165) is 19.3 Å². The molecule has 1 fully saturated rings. The second-order valence-corrected chi connectivity index (χ2v) is 5.42. The highest BCUT2D eigenvalue weighted by atomic mass is 16.5. The fourth-order valence-corrected chi connectivity index (χ4v) is 2.39. The van der Waals surface area contributed by atoms with Gasteiger partial charge in [-0.2, -0.15) is 0 Å². The molecule has 0 radical (unpaired) electrons. The predicted octanol–water partition coefficient (Wildman–Crippen LogP) is 0.130. The summed E-state index contributed by atoms with van der Waals surface area (Å²) in [5.41, 5.74) is 0. The zero-order valence-electron chi connectivity index (χ0n) is 12.6. The zero-order chi connectivity index (χ0) is 14.8. The fourth-order valence-electron chi connectivity index (χ4n) is 2.39. The second kappa shape index (κ2) is 9.72. The summed E-state index contributed by atoms with van der Waals surface area (Å²) < 4.78 is 4.91. The van der Waals surface area contributed by atoms with Crippen LogP contribution in [-0.2, 0) is 14.3 Å². The number of carbonyl (C=O) groups excluding carboxylic acids is 2. The molecule has 6 heteroatoms. The molecule has 0 aromatic rings. The topological polar surface area (TPSA) is 70.7 Å². The number of nitrogens with one attached hydrogen (secondary N) is 2. The number of rotatable bonds is 9. The van der Waals surface area contributed by atoms with Crippen LogP contribution < -0.4 is 10.6 Å². The first-order chi connectivity index (χ1) is 9.61. The molecule has 6 nitrogen and oxygen atoms in total. The van der Waals surface area contributed by atoms with Crippen LogP contribution in [0.5, 0.6) is 0 Å². The molecule has 0 spiro atoms.